The quantitative estimate of drug-likeness (QED) is 0.242. The molecule has 1 aliphatic carbocycles. The van der Waals surface area contributed by atoms with Crippen molar-refractivity contribution in [1.29, 1.82) is 0 Å². The molecule has 0 bridgehead atoms. The van der Waals surface area contributed by atoms with Gasteiger partial charge in [0.25, 0.3) is 0 Å². The number of aromatic nitrogens is 1. The Kier molecular flexibility index (Phi) is 3.82. The van der Waals surface area contributed by atoms with Gasteiger partial charge in [-0.1, -0.05) is 54.1 Å². The van der Waals surface area contributed by atoms with Crippen LogP contribution in [-0.4, -0.2) is 16.6 Å². The lowest BCUT2D eigenvalue weighted by molar-refractivity contribution is 0.0990. The van der Waals surface area contributed by atoms with Gasteiger partial charge in [0.05, 0.1) is 10.3 Å². The van der Waals surface area contributed by atoms with E-state index in [1.165, 1.54) is 16.9 Å². The minimum atomic E-state index is -0.252. The van der Waals surface area contributed by atoms with Crippen molar-refractivity contribution in [2.45, 2.75) is 6.92 Å². The molecule has 0 fully saturated rings. The number of thiazole rings is 1. The first-order valence-electron chi connectivity index (χ1n) is 9.88. The predicted octanol–water partition coefficient (Wildman–Crippen LogP) is 6.48. The number of ketones is 2. The first-order chi connectivity index (χ1) is 15.1. The van der Waals surface area contributed by atoms with Gasteiger partial charge in [0, 0.05) is 22.8 Å². The van der Waals surface area contributed by atoms with Crippen LogP contribution in [0, 0.1) is 6.92 Å². The smallest absolute Gasteiger partial charge is 0.238 e. The van der Waals surface area contributed by atoms with Crippen molar-refractivity contribution < 1.29 is 14.0 Å². The summed E-state index contributed by atoms with van der Waals surface area (Å²) < 4.78 is 6.79. The van der Waals surface area contributed by atoms with E-state index in [0.29, 0.717) is 21.8 Å². The molecule has 2 heterocycles. The molecule has 148 valence electrons. The average Bonchev–Trinajstić information content (AvgIpc) is 3.40. The third kappa shape index (κ3) is 2.86. The van der Waals surface area contributed by atoms with Crippen molar-refractivity contribution in [1.82, 2.24) is 4.98 Å². The molecule has 5 aromatic rings. The number of carbonyl (C=O) groups excluding carboxylic acids is 2. The third-order valence-corrected chi connectivity index (χ3v) is 6.50. The largest absolute Gasteiger partial charge is 0.437 e. The van der Waals surface area contributed by atoms with Gasteiger partial charge in [0.2, 0.25) is 5.71 Å². The van der Waals surface area contributed by atoms with Crippen molar-refractivity contribution in [2.75, 3.05) is 0 Å². The zero-order valence-electron chi connectivity index (χ0n) is 16.5. The molecule has 0 aliphatic heterocycles. The summed E-state index contributed by atoms with van der Waals surface area (Å²) in [6.07, 6.45) is 1.58. The number of Topliss-reactive ketones (excluding diaryl/α,β-unsaturated/α-hetero) is 2. The Labute approximate surface area is 181 Å². The minimum Gasteiger partial charge on any atom is -0.437 e. The molecule has 0 spiro atoms. The lowest BCUT2D eigenvalue weighted by atomic mass is 10.0. The fourth-order valence-electron chi connectivity index (χ4n) is 3.94. The number of allylic oxidation sites excluding steroid dienone is 1. The number of furan rings is 1. The van der Waals surface area contributed by atoms with Crippen LogP contribution in [0.5, 0.6) is 0 Å². The highest BCUT2D eigenvalue weighted by atomic mass is 32.1. The molecule has 0 N–H and O–H groups in total. The van der Waals surface area contributed by atoms with Crippen LogP contribution in [0.3, 0.4) is 0 Å². The topological polar surface area (TPSA) is 60.2 Å². The second kappa shape index (κ2) is 6.59. The molecule has 6 rings (SSSR count). The molecule has 0 radical (unpaired) electrons. The van der Waals surface area contributed by atoms with E-state index in [0.717, 1.165) is 26.8 Å². The molecule has 0 saturated heterocycles. The van der Waals surface area contributed by atoms with Crippen LogP contribution in [0.2, 0.25) is 0 Å². The molecule has 3 aromatic carbocycles. The van der Waals surface area contributed by atoms with Gasteiger partial charge >= 0.3 is 0 Å². The van der Waals surface area contributed by atoms with E-state index >= 15 is 0 Å². The molecule has 0 unspecified atom stereocenters. The van der Waals surface area contributed by atoms with Crippen LogP contribution < -0.4 is 0 Å². The lowest BCUT2D eigenvalue weighted by Gasteiger charge is -2.00. The van der Waals surface area contributed by atoms with Crippen molar-refractivity contribution >= 4 is 50.2 Å². The Morgan fingerprint density at radius 3 is 2.13 bits per heavy atom. The van der Waals surface area contributed by atoms with Crippen molar-refractivity contribution in [3.05, 3.63) is 94.0 Å². The molecule has 0 saturated carbocycles. The fraction of sp³-hybridized carbons (Fsp3) is 0.0385. The first kappa shape index (κ1) is 18.0. The Balaban J connectivity index is 1.38. The number of fused-ring (bicyclic) bond motifs is 3. The van der Waals surface area contributed by atoms with E-state index in [9.17, 15) is 9.59 Å². The van der Waals surface area contributed by atoms with Crippen molar-refractivity contribution in [2.24, 2.45) is 0 Å². The molecular formula is C26H15NO3S. The third-order valence-electron chi connectivity index (χ3n) is 5.57. The highest BCUT2D eigenvalue weighted by Gasteiger charge is 2.33. The Morgan fingerprint density at radius 2 is 1.52 bits per heavy atom. The van der Waals surface area contributed by atoms with Gasteiger partial charge < -0.3 is 4.42 Å². The number of aryl methyl sites for hydroxylation is 1. The maximum absolute atomic E-state index is 12.9. The fourth-order valence-corrected chi connectivity index (χ4v) is 4.81. The summed E-state index contributed by atoms with van der Waals surface area (Å²) in [6.45, 7) is 2.04. The van der Waals surface area contributed by atoms with E-state index in [2.05, 4.69) is 4.98 Å². The molecule has 5 heteroatoms. The number of hydrogen-bond donors (Lipinski definition) is 0. The van der Waals surface area contributed by atoms with Gasteiger partial charge in [-0.15, -0.1) is 11.3 Å². The van der Waals surface area contributed by atoms with Crippen LogP contribution in [0.4, 0.5) is 0 Å². The highest BCUT2D eigenvalue weighted by Crippen LogP contribution is 2.35. The van der Waals surface area contributed by atoms with Crippen LogP contribution in [0.25, 0.3) is 38.6 Å². The average molecular weight is 421 g/mol. The van der Waals surface area contributed by atoms with E-state index < -0.39 is 0 Å². The summed E-state index contributed by atoms with van der Waals surface area (Å²) in [5.74, 6) is 0.246. The van der Waals surface area contributed by atoms with E-state index in [1.54, 1.807) is 18.2 Å². The zero-order chi connectivity index (χ0) is 21.1. The zero-order valence-corrected chi connectivity index (χ0v) is 17.3. The van der Waals surface area contributed by atoms with E-state index in [1.807, 2.05) is 61.5 Å². The maximum Gasteiger partial charge on any atom is 0.238 e. The van der Waals surface area contributed by atoms with Gasteiger partial charge in [-0.2, -0.15) is 0 Å². The highest BCUT2D eigenvalue weighted by molar-refractivity contribution is 7.19. The summed E-state index contributed by atoms with van der Waals surface area (Å²) in [7, 11) is 0. The summed E-state index contributed by atoms with van der Waals surface area (Å²) in [4.78, 5) is 30.4. The standard InChI is InChI=1S/C26H15NO3S/c1-14-6-8-15(9-7-14)21-13-22-26(30-21)27-23(31-22)12-20-24(28)18-10-16-4-2-3-5-17(16)11-19(18)25(20)29/h2-13H,1H3. The second-order valence-corrected chi connectivity index (χ2v) is 8.72. The van der Waals surface area contributed by atoms with E-state index in [4.69, 9.17) is 4.42 Å². The summed E-state index contributed by atoms with van der Waals surface area (Å²) in [5, 5.41) is 2.47. The molecule has 31 heavy (non-hydrogen) atoms. The molecule has 2 aromatic heterocycles. The van der Waals surface area contributed by atoms with Gasteiger partial charge in [0.1, 0.15) is 10.8 Å². The molecule has 1 aliphatic rings. The van der Waals surface area contributed by atoms with Gasteiger partial charge in [0.15, 0.2) is 11.6 Å². The Morgan fingerprint density at radius 1 is 0.871 bits per heavy atom. The van der Waals surface area contributed by atoms with Crippen LogP contribution in [0.15, 0.2) is 76.7 Å². The normalized spacial score (nSPS) is 13.4. The summed E-state index contributed by atoms with van der Waals surface area (Å²) in [5.41, 5.74) is 3.74. The van der Waals surface area contributed by atoms with Crippen LogP contribution in [-0.2, 0) is 0 Å². The molecule has 0 amide bonds. The maximum atomic E-state index is 12.9. The van der Waals surface area contributed by atoms with Gasteiger partial charge in [-0.3, -0.25) is 9.59 Å². The molecule has 0 atom stereocenters. The minimum absolute atomic E-state index is 0.153. The predicted molar refractivity (Wildman–Crippen MR) is 123 cm³/mol. The number of hydrogen-bond acceptors (Lipinski definition) is 5. The SMILES string of the molecule is Cc1ccc(-c2cc3sc(C=C4C(=O)c5cc6ccccc6cc5C4=O)nc3o2)cc1. The summed E-state index contributed by atoms with van der Waals surface area (Å²) >= 11 is 1.40. The van der Waals surface area contributed by atoms with Crippen molar-refractivity contribution in [3.8, 4) is 11.3 Å². The van der Waals surface area contributed by atoms with Gasteiger partial charge in [-0.25, -0.2) is 4.98 Å². The first-order valence-corrected chi connectivity index (χ1v) is 10.7. The monoisotopic (exact) mass is 421 g/mol. The number of carbonyl (C=O) groups is 2. The number of rotatable bonds is 2. The molecular weight excluding hydrogens is 406 g/mol. The summed E-state index contributed by atoms with van der Waals surface area (Å²) in [6, 6.07) is 21.4. The molecule has 4 nitrogen and oxygen atoms in total. The lowest BCUT2D eigenvalue weighted by Crippen LogP contribution is -2.00. The van der Waals surface area contributed by atoms with Gasteiger partial charge in [-0.05, 0) is 35.9 Å². The van der Waals surface area contributed by atoms with Crippen LogP contribution in [0.1, 0.15) is 31.3 Å². The van der Waals surface area contributed by atoms with Crippen LogP contribution >= 0.6 is 11.3 Å². The second-order valence-electron chi connectivity index (χ2n) is 7.66. The van der Waals surface area contributed by atoms with Crippen molar-refractivity contribution in [3.63, 3.8) is 0 Å². The Bertz CT molecular complexity index is 1480. The number of nitrogens with zero attached hydrogens (tertiary/aromatic N) is 1. The Hall–Kier alpha value is -3.83. The van der Waals surface area contributed by atoms with E-state index in [-0.39, 0.29) is 17.1 Å². The number of benzene rings is 3.